The van der Waals surface area contributed by atoms with E-state index in [2.05, 4.69) is 47.0 Å². The van der Waals surface area contributed by atoms with Crippen LogP contribution >= 0.6 is 0 Å². The average Bonchev–Trinajstić information content (AvgIpc) is 3.32. The van der Waals surface area contributed by atoms with Crippen molar-refractivity contribution in [3.05, 3.63) is 47.4 Å². The van der Waals surface area contributed by atoms with Crippen molar-refractivity contribution in [1.82, 2.24) is 14.5 Å². The smallest absolute Gasteiger partial charge is 0.222 e. The van der Waals surface area contributed by atoms with Gasteiger partial charge in [-0.15, -0.1) is 0 Å². The highest BCUT2D eigenvalue weighted by atomic mass is 16.5. The zero-order valence-electron chi connectivity index (χ0n) is 17.3. The summed E-state index contributed by atoms with van der Waals surface area (Å²) in [5, 5.41) is 3.82. The van der Waals surface area contributed by atoms with Gasteiger partial charge in [0.1, 0.15) is 17.2 Å². The third-order valence-corrected chi connectivity index (χ3v) is 5.50. The molecule has 0 bridgehead atoms. The van der Waals surface area contributed by atoms with Gasteiger partial charge in [0.15, 0.2) is 0 Å². The molecule has 0 spiro atoms. The summed E-state index contributed by atoms with van der Waals surface area (Å²) in [6.45, 7) is 6.82. The molecule has 1 atom stereocenters. The Morgan fingerprint density at radius 1 is 1.38 bits per heavy atom. The van der Waals surface area contributed by atoms with Crippen molar-refractivity contribution in [3.63, 3.8) is 0 Å². The highest BCUT2D eigenvalue weighted by molar-refractivity contribution is 5.92. The second kappa shape index (κ2) is 7.57. The Morgan fingerprint density at radius 2 is 2.21 bits per heavy atom. The quantitative estimate of drug-likeness (QED) is 0.716. The van der Waals surface area contributed by atoms with Crippen molar-refractivity contribution < 1.29 is 14.3 Å². The van der Waals surface area contributed by atoms with Gasteiger partial charge in [0.05, 0.1) is 17.8 Å². The molecule has 4 rings (SSSR count). The molecular formula is C22H26N4O3. The minimum atomic E-state index is -0.514. The van der Waals surface area contributed by atoms with Crippen LogP contribution in [0.25, 0.3) is 16.7 Å². The number of rotatable bonds is 5. The second-order valence-electron chi connectivity index (χ2n) is 7.53. The molecule has 152 valence electrons. The molecule has 1 unspecified atom stereocenters. The molecule has 1 saturated heterocycles. The zero-order chi connectivity index (χ0) is 20.6. The van der Waals surface area contributed by atoms with E-state index in [4.69, 9.17) is 14.5 Å². The molecule has 0 radical (unpaired) electrons. The van der Waals surface area contributed by atoms with Crippen LogP contribution in [0.1, 0.15) is 37.1 Å². The van der Waals surface area contributed by atoms with Gasteiger partial charge < -0.3 is 19.4 Å². The number of fused-ring (bicyclic) bond motifs is 1. The molecule has 7 heteroatoms. The van der Waals surface area contributed by atoms with Crippen LogP contribution in [0.4, 0.5) is 5.82 Å². The number of pyridine rings is 2. The normalized spacial score (nSPS) is 19.0. The van der Waals surface area contributed by atoms with E-state index >= 15 is 0 Å². The second-order valence-corrected chi connectivity index (χ2v) is 7.53. The fraction of sp³-hybridized carbons (Fsp3) is 0.409. The number of amides is 1. The summed E-state index contributed by atoms with van der Waals surface area (Å²) in [6.07, 6.45) is 5.57. The van der Waals surface area contributed by atoms with Crippen molar-refractivity contribution in [2.45, 2.75) is 39.2 Å². The summed E-state index contributed by atoms with van der Waals surface area (Å²) in [6, 6.07) is 6.02. The number of carbonyl (C=O) groups excluding carboxylic acids is 1. The molecule has 1 amide bonds. The number of nitrogens with zero attached hydrogens (tertiary/aromatic N) is 3. The molecule has 1 N–H and O–H groups in total. The fourth-order valence-electron chi connectivity index (χ4n) is 3.93. The first-order valence-corrected chi connectivity index (χ1v) is 9.86. The number of carbonyl (C=O) groups is 1. The van der Waals surface area contributed by atoms with Gasteiger partial charge in [0.25, 0.3) is 0 Å². The van der Waals surface area contributed by atoms with Crippen molar-refractivity contribution in [1.29, 1.82) is 0 Å². The molecule has 0 aromatic carbocycles. The molecule has 3 aromatic rings. The summed E-state index contributed by atoms with van der Waals surface area (Å²) in [4.78, 5) is 20.8. The van der Waals surface area contributed by atoms with Gasteiger partial charge in [-0.2, -0.15) is 0 Å². The van der Waals surface area contributed by atoms with Gasteiger partial charge >= 0.3 is 0 Å². The number of aryl methyl sites for hydroxylation is 2. The van der Waals surface area contributed by atoms with Crippen LogP contribution in [-0.4, -0.2) is 40.8 Å². The summed E-state index contributed by atoms with van der Waals surface area (Å²) in [5.41, 5.74) is 3.60. The largest absolute Gasteiger partial charge is 0.378 e. The molecule has 0 aliphatic carbocycles. The molecule has 1 aliphatic heterocycles. The lowest BCUT2D eigenvalue weighted by atomic mass is 9.97. The lowest BCUT2D eigenvalue weighted by Gasteiger charge is -2.26. The predicted octanol–water partition coefficient (Wildman–Crippen LogP) is 3.51. The Morgan fingerprint density at radius 3 is 2.86 bits per heavy atom. The van der Waals surface area contributed by atoms with Gasteiger partial charge in [-0.3, -0.25) is 4.79 Å². The van der Waals surface area contributed by atoms with E-state index < -0.39 is 5.60 Å². The summed E-state index contributed by atoms with van der Waals surface area (Å²) >= 11 is 0. The third kappa shape index (κ3) is 3.52. The van der Waals surface area contributed by atoms with Gasteiger partial charge in [0.2, 0.25) is 5.91 Å². The number of hydrogen-bond acceptors (Lipinski definition) is 5. The fourth-order valence-corrected chi connectivity index (χ4v) is 3.93. The number of methoxy groups -OCH3 is 1. The van der Waals surface area contributed by atoms with E-state index in [9.17, 15) is 4.79 Å². The van der Waals surface area contributed by atoms with E-state index in [0.29, 0.717) is 19.0 Å². The Balaban J connectivity index is 1.88. The number of hydrogen-bond donors (Lipinski definition) is 1. The Labute approximate surface area is 170 Å². The maximum Gasteiger partial charge on any atom is 0.222 e. The standard InChI is InChI=1S/C22H26N4O3/c1-5-16-12-26(18-10-20(24-15(3)27)23-11-17(16)18)21-9-14(2)8-19(25-21)22(28-4)6-7-29-13-22/h8-12H,5-7,13H2,1-4H3,(H,23,24,27). The molecule has 7 nitrogen and oxygen atoms in total. The van der Waals surface area contributed by atoms with E-state index in [1.54, 1.807) is 7.11 Å². The lowest BCUT2D eigenvalue weighted by molar-refractivity contribution is -0.114. The first-order valence-electron chi connectivity index (χ1n) is 9.86. The number of aromatic nitrogens is 3. The molecule has 1 fully saturated rings. The monoisotopic (exact) mass is 394 g/mol. The summed E-state index contributed by atoms with van der Waals surface area (Å²) in [5.74, 6) is 1.19. The van der Waals surface area contributed by atoms with Crippen LogP contribution < -0.4 is 5.32 Å². The van der Waals surface area contributed by atoms with Crippen molar-refractivity contribution in [3.8, 4) is 5.82 Å². The maximum absolute atomic E-state index is 11.5. The predicted molar refractivity (Wildman–Crippen MR) is 111 cm³/mol. The van der Waals surface area contributed by atoms with Crippen molar-refractivity contribution in [2.24, 2.45) is 0 Å². The zero-order valence-corrected chi connectivity index (χ0v) is 17.3. The maximum atomic E-state index is 11.5. The molecule has 29 heavy (non-hydrogen) atoms. The third-order valence-electron chi connectivity index (χ3n) is 5.50. The first kappa shape index (κ1) is 19.5. The summed E-state index contributed by atoms with van der Waals surface area (Å²) in [7, 11) is 1.71. The molecule has 3 aromatic heterocycles. The number of nitrogens with one attached hydrogen (secondary N) is 1. The van der Waals surface area contributed by atoms with Gasteiger partial charge in [-0.05, 0) is 36.6 Å². The Kier molecular flexibility index (Phi) is 5.10. The van der Waals surface area contributed by atoms with E-state index in [1.807, 2.05) is 12.3 Å². The van der Waals surface area contributed by atoms with Crippen molar-refractivity contribution in [2.75, 3.05) is 25.6 Å². The highest BCUT2D eigenvalue weighted by Crippen LogP contribution is 2.34. The van der Waals surface area contributed by atoms with Crippen LogP contribution in [-0.2, 0) is 26.3 Å². The van der Waals surface area contributed by atoms with E-state index in [1.165, 1.54) is 12.5 Å². The highest BCUT2D eigenvalue weighted by Gasteiger charge is 2.38. The minimum Gasteiger partial charge on any atom is -0.378 e. The molecule has 0 saturated carbocycles. The Bertz CT molecular complexity index is 1070. The van der Waals surface area contributed by atoms with Gasteiger partial charge in [-0.25, -0.2) is 9.97 Å². The minimum absolute atomic E-state index is 0.148. The SMILES string of the molecule is CCc1cn(-c2cc(C)cc(C3(OC)CCOC3)n2)c2cc(NC(C)=O)ncc12. The van der Waals surface area contributed by atoms with Crippen LogP contribution in [0.2, 0.25) is 0 Å². The van der Waals surface area contributed by atoms with Crippen LogP contribution in [0.3, 0.4) is 0 Å². The molecular weight excluding hydrogens is 368 g/mol. The Hall–Kier alpha value is -2.77. The van der Waals surface area contributed by atoms with Crippen molar-refractivity contribution >= 4 is 22.6 Å². The van der Waals surface area contributed by atoms with E-state index in [0.717, 1.165) is 40.8 Å². The van der Waals surface area contributed by atoms with Crippen LogP contribution in [0.15, 0.2) is 30.6 Å². The van der Waals surface area contributed by atoms with Gasteiger partial charge in [-0.1, -0.05) is 6.92 Å². The molecule has 4 heterocycles. The van der Waals surface area contributed by atoms with E-state index in [-0.39, 0.29) is 5.91 Å². The lowest BCUT2D eigenvalue weighted by Crippen LogP contribution is -2.30. The van der Waals surface area contributed by atoms with Gasteiger partial charge in [0, 0.05) is 50.9 Å². The average molecular weight is 394 g/mol. The first-order chi connectivity index (χ1) is 14.0. The number of ether oxygens (including phenoxy) is 2. The topological polar surface area (TPSA) is 78.3 Å². The molecule has 1 aliphatic rings. The number of anilines is 1. The summed E-state index contributed by atoms with van der Waals surface area (Å²) < 4.78 is 13.5. The van der Waals surface area contributed by atoms with Crippen LogP contribution in [0.5, 0.6) is 0 Å². The van der Waals surface area contributed by atoms with Crippen LogP contribution in [0, 0.1) is 6.92 Å².